The maximum Gasteiger partial charge on any atom is 0.329 e. The largest absolute Gasteiger partial charge is 0.479 e. The number of carboxylic acid groups (broad SMARTS) is 1. The van der Waals surface area contributed by atoms with Crippen LogP contribution in [0.25, 0.3) is 0 Å². The van der Waals surface area contributed by atoms with E-state index in [2.05, 4.69) is 15.9 Å². The van der Waals surface area contributed by atoms with Gasteiger partial charge in [-0.15, -0.1) is 0 Å². The molecule has 1 atom stereocenters. The monoisotopic (exact) mass is 353 g/mol. The van der Waals surface area contributed by atoms with Gasteiger partial charge in [-0.05, 0) is 59.8 Å². The van der Waals surface area contributed by atoms with Crippen molar-refractivity contribution in [3.8, 4) is 0 Å². The van der Waals surface area contributed by atoms with Gasteiger partial charge in [-0.3, -0.25) is 4.79 Å². The summed E-state index contributed by atoms with van der Waals surface area (Å²) in [7, 11) is 0. The molecule has 2 rings (SSSR count). The van der Waals surface area contributed by atoms with E-state index in [-0.39, 0.29) is 5.91 Å². The number of aliphatic carboxylic acids is 1. The minimum Gasteiger partial charge on any atom is -0.479 e. The predicted octanol–water partition coefficient (Wildman–Crippen LogP) is 3.62. The Morgan fingerprint density at radius 3 is 2.71 bits per heavy atom. The molecule has 1 saturated heterocycles. The minimum absolute atomic E-state index is 0.199. The fourth-order valence-corrected chi connectivity index (χ4v) is 3.78. The molecule has 1 fully saturated rings. The molecule has 1 aromatic rings. The normalized spacial score (nSPS) is 21.6. The highest BCUT2D eigenvalue weighted by molar-refractivity contribution is 9.10. The van der Waals surface area contributed by atoms with Gasteiger partial charge in [-0.25, -0.2) is 4.79 Å². The van der Waals surface area contributed by atoms with Crippen LogP contribution in [0.1, 0.15) is 48.5 Å². The predicted molar refractivity (Wildman–Crippen MR) is 84.4 cm³/mol. The smallest absolute Gasteiger partial charge is 0.329 e. The second kappa shape index (κ2) is 6.18. The molecule has 1 aliphatic heterocycles. The Balaban J connectivity index is 2.39. The lowest BCUT2D eigenvalue weighted by molar-refractivity contribution is -0.148. The number of likely N-dealkylation sites (tertiary alicyclic amines) is 1. The van der Waals surface area contributed by atoms with E-state index in [1.807, 2.05) is 26.0 Å². The molecule has 1 amide bonds. The van der Waals surface area contributed by atoms with Gasteiger partial charge in [0.05, 0.1) is 5.56 Å². The Hall–Kier alpha value is -1.36. The van der Waals surface area contributed by atoms with Gasteiger partial charge < -0.3 is 10.0 Å². The molecule has 114 valence electrons. The number of aryl methyl sites for hydroxylation is 1. The molecule has 0 saturated carbocycles. The van der Waals surface area contributed by atoms with Crippen LogP contribution in [0.15, 0.2) is 22.7 Å². The third-order valence-electron chi connectivity index (χ3n) is 4.15. The summed E-state index contributed by atoms with van der Waals surface area (Å²) in [5.41, 5.74) is 0.540. The molecule has 1 aliphatic rings. The summed E-state index contributed by atoms with van der Waals surface area (Å²) < 4.78 is 0.718. The number of amides is 1. The Morgan fingerprint density at radius 2 is 2.14 bits per heavy atom. The molecular weight excluding hydrogens is 334 g/mol. The number of carbonyl (C=O) groups excluding carboxylic acids is 1. The molecule has 1 N–H and O–H groups in total. The van der Waals surface area contributed by atoms with Crippen LogP contribution in [-0.4, -0.2) is 34.0 Å². The van der Waals surface area contributed by atoms with Gasteiger partial charge in [-0.2, -0.15) is 0 Å². The molecule has 4 nitrogen and oxygen atoms in total. The Morgan fingerprint density at radius 1 is 1.43 bits per heavy atom. The summed E-state index contributed by atoms with van der Waals surface area (Å²) in [4.78, 5) is 26.1. The lowest BCUT2D eigenvalue weighted by atomic mass is 9.90. The summed E-state index contributed by atoms with van der Waals surface area (Å²) >= 11 is 3.41. The van der Waals surface area contributed by atoms with Crippen molar-refractivity contribution >= 4 is 27.8 Å². The zero-order valence-electron chi connectivity index (χ0n) is 12.4. The lowest BCUT2D eigenvalue weighted by Crippen LogP contribution is -2.53. The van der Waals surface area contributed by atoms with E-state index in [9.17, 15) is 14.7 Å². The number of carboxylic acids is 1. The highest BCUT2D eigenvalue weighted by atomic mass is 79.9. The second-order valence-electron chi connectivity index (χ2n) is 5.63. The molecular formula is C16H20BrNO3. The van der Waals surface area contributed by atoms with Crippen LogP contribution >= 0.6 is 15.9 Å². The van der Waals surface area contributed by atoms with E-state index in [0.29, 0.717) is 24.9 Å². The standard InChI is InChI=1S/C16H20BrNO3/c1-3-7-16(15(20)21)8-4-9-18(16)14(19)12-6-5-11(2)10-13(12)17/h5-6,10H,3-4,7-9H2,1-2H3,(H,20,21). The molecule has 0 radical (unpaired) electrons. The summed E-state index contributed by atoms with van der Waals surface area (Å²) in [6.07, 6.45) is 2.51. The molecule has 1 unspecified atom stereocenters. The zero-order chi connectivity index (χ0) is 15.6. The van der Waals surface area contributed by atoms with Crippen LogP contribution in [0.3, 0.4) is 0 Å². The van der Waals surface area contributed by atoms with E-state index >= 15 is 0 Å². The first kappa shape index (κ1) is 16.0. The van der Waals surface area contributed by atoms with Gasteiger partial charge in [0.15, 0.2) is 0 Å². The molecule has 1 aromatic carbocycles. The maximum atomic E-state index is 12.8. The number of hydrogen-bond acceptors (Lipinski definition) is 2. The molecule has 0 spiro atoms. The first-order valence-corrected chi connectivity index (χ1v) is 8.03. The SMILES string of the molecule is CCCC1(C(=O)O)CCCN1C(=O)c1ccc(C)cc1Br. The first-order chi connectivity index (χ1) is 9.92. The van der Waals surface area contributed by atoms with Crippen molar-refractivity contribution < 1.29 is 14.7 Å². The number of benzene rings is 1. The van der Waals surface area contributed by atoms with Crippen LogP contribution in [0.2, 0.25) is 0 Å². The second-order valence-corrected chi connectivity index (χ2v) is 6.48. The topological polar surface area (TPSA) is 57.6 Å². The third-order valence-corrected chi connectivity index (χ3v) is 4.81. The van der Waals surface area contributed by atoms with Crippen LogP contribution in [-0.2, 0) is 4.79 Å². The Bertz CT molecular complexity index is 573. The van der Waals surface area contributed by atoms with Crippen LogP contribution in [0.5, 0.6) is 0 Å². The van der Waals surface area contributed by atoms with Crippen molar-refractivity contribution in [3.63, 3.8) is 0 Å². The summed E-state index contributed by atoms with van der Waals surface area (Å²) in [6, 6.07) is 5.51. The number of nitrogens with zero attached hydrogens (tertiary/aromatic N) is 1. The summed E-state index contributed by atoms with van der Waals surface area (Å²) in [6.45, 7) is 4.41. The fourth-order valence-electron chi connectivity index (χ4n) is 3.12. The molecule has 21 heavy (non-hydrogen) atoms. The van der Waals surface area contributed by atoms with Crippen molar-refractivity contribution in [2.45, 2.75) is 45.1 Å². The van der Waals surface area contributed by atoms with Crippen molar-refractivity contribution in [1.82, 2.24) is 4.90 Å². The average molecular weight is 354 g/mol. The zero-order valence-corrected chi connectivity index (χ0v) is 13.9. The van der Waals surface area contributed by atoms with Crippen LogP contribution < -0.4 is 0 Å². The Labute approximate surface area is 133 Å². The van der Waals surface area contributed by atoms with Gasteiger partial charge >= 0.3 is 5.97 Å². The molecule has 0 bridgehead atoms. The summed E-state index contributed by atoms with van der Waals surface area (Å²) in [5.74, 6) is -1.09. The minimum atomic E-state index is -1.05. The van der Waals surface area contributed by atoms with E-state index in [1.54, 1.807) is 11.0 Å². The third kappa shape index (κ3) is 2.84. The van der Waals surface area contributed by atoms with Crippen molar-refractivity contribution in [2.24, 2.45) is 0 Å². The van der Waals surface area contributed by atoms with Gasteiger partial charge in [0.2, 0.25) is 0 Å². The van der Waals surface area contributed by atoms with E-state index < -0.39 is 11.5 Å². The molecule has 0 aromatic heterocycles. The molecule has 0 aliphatic carbocycles. The van der Waals surface area contributed by atoms with Crippen LogP contribution in [0.4, 0.5) is 0 Å². The number of halogens is 1. The molecule has 5 heteroatoms. The molecule has 1 heterocycles. The van der Waals surface area contributed by atoms with Crippen molar-refractivity contribution in [1.29, 1.82) is 0 Å². The quantitative estimate of drug-likeness (QED) is 0.899. The van der Waals surface area contributed by atoms with Crippen LogP contribution in [0, 0.1) is 6.92 Å². The van der Waals surface area contributed by atoms with Gasteiger partial charge in [0, 0.05) is 11.0 Å². The van der Waals surface area contributed by atoms with Gasteiger partial charge in [-0.1, -0.05) is 19.4 Å². The highest BCUT2D eigenvalue weighted by Crippen LogP contribution is 2.36. The van der Waals surface area contributed by atoms with E-state index in [0.717, 1.165) is 22.9 Å². The summed E-state index contributed by atoms with van der Waals surface area (Å²) in [5, 5.41) is 9.67. The van der Waals surface area contributed by atoms with Gasteiger partial charge in [0.1, 0.15) is 5.54 Å². The lowest BCUT2D eigenvalue weighted by Gasteiger charge is -2.35. The van der Waals surface area contributed by atoms with E-state index in [1.165, 1.54) is 0 Å². The van der Waals surface area contributed by atoms with Gasteiger partial charge in [0.25, 0.3) is 5.91 Å². The number of rotatable bonds is 4. The number of carbonyl (C=O) groups is 2. The Kier molecular flexibility index (Phi) is 4.71. The first-order valence-electron chi connectivity index (χ1n) is 7.24. The average Bonchev–Trinajstić information content (AvgIpc) is 2.83. The number of hydrogen-bond donors (Lipinski definition) is 1. The van der Waals surface area contributed by atoms with Crippen molar-refractivity contribution in [2.75, 3.05) is 6.54 Å². The highest BCUT2D eigenvalue weighted by Gasteiger charge is 2.49. The fraction of sp³-hybridized carbons (Fsp3) is 0.500. The van der Waals surface area contributed by atoms with Crippen molar-refractivity contribution in [3.05, 3.63) is 33.8 Å². The maximum absolute atomic E-state index is 12.8. The van der Waals surface area contributed by atoms with E-state index in [4.69, 9.17) is 0 Å².